The second-order valence-corrected chi connectivity index (χ2v) is 9.45. The SMILES string of the molecule is O=S(=O)(c1ccc(C(F)(F)F)cc1)N1NCC(c2ccccc2)C1c1ccc(Cl)cc1. The number of hydrazine groups is 1. The molecule has 1 heterocycles. The maximum absolute atomic E-state index is 13.4. The van der Waals surface area contributed by atoms with Crippen molar-refractivity contribution >= 4 is 21.6 Å². The van der Waals surface area contributed by atoms with Crippen LogP contribution in [0.5, 0.6) is 0 Å². The number of rotatable bonds is 4. The van der Waals surface area contributed by atoms with E-state index in [0.717, 1.165) is 39.8 Å². The van der Waals surface area contributed by atoms with Crippen molar-refractivity contribution in [3.63, 3.8) is 0 Å². The van der Waals surface area contributed by atoms with E-state index in [2.05, 4.69) is 5.43 Å². The molecule has 0 aromatic heterocycles. The minimum atomic E-state index is -4.54. The highest BCUT2D eigenvalue weighted by atomic mass is 35.5. The molecular formula is C22H18ClF3N2O2S. The highest BCUT2D eigenvalue weighted by Gasteiger charge is 2.43. The summed E-state index contributed by atoms with van der Waals surface area (Å²) in [7, 11) is -4.13. The van der Waals surface area contributed by atoms with Gasteiger partial charge in [-0.25, -0.2) is 13.8 Å². The number of sulfonamides is 1. The van der Waals surface area contributed by atoms with E-state index in [1.165, 1.54) is 0 Å². The van der Waals surface area contributed by atoms with Gasteiger partial charge in [0, 0.05) is 17.5 Å². The van der Waals surface area contributed by atoms with E-state index in [1.54, 1.807) is 24.3 Å². The zero-order chi connectivity index (χ0) is 22.2. The van der Waals surface area contributed by atoms with Crippen LogP contribution in [0.4, 0.5) is 13.2 Å². The molecule has 0 amide bonds. The summed E-state index contributed by atoms with van der Waals surface area (Å²) < 4.78 is 66.6. The van der Waals surface area contributed by atoms with Crippen molar-refractivity contribution in [1.29, 1.82) is 0 Å². The molecule has 2 unspecified atom stereocenters. The molecule has 1 saturated heterocycles. The summed E-state index contributed by atoms with van der Waals surface area (Å²) in [5.41, 5.74) is 3.70. The maximum atomic E-state index is 13.4. The van der Waals surface area contributed by atoms with Crippen molar-refractivity contribution in [1.82, 2.24) is 9.84 Å². The van der Waals surface area contributed by atoms with Gasteiger partial charge in [0.05, 0.1) is 16.5 Å². The smallest absolute Gasteiger partial charge is 0.240 e. The first kappa shape index (κ1) is 21.8. The van der Waals surface area contributed by atoms with Crippen LogP contribution in [0.15, 0.2) is 83.8 Å². The fourth-order valence-corrected chi connectivity index (χ4v) is 5.40. The average Bonchev–Trinajstić information content (AvgIpc) is 3.20. The molecule has 1 fully saturated rings. The summed E-state index contributed by atoms with van der Waals surface area (Å²) in [5, 5.41) is 0.517. The van der Waals surface area contributed by atoms with Crippen LogP contribution in [-0.4, -0.2) is 19.4 Å². The summed E-state index contributed by atoms with van der Waals surface area (Å²) in [6, 6.07) is 19.2. The molecular weight excluding hydrogens is 449 g/mol. The second kappa shape index (κ2) is 8.27. The Bertz CT molecular complexity index is 1150. The molecule has 2 atom stereocenters. The largest absolute Gasteiger partial charge is 0.416 e. The zero-order valence-corrected chi connectivity index (χ0v) is 17.6. The van der Waals surface area contributed by atoms with Gasteiger partial charge in [-0.15, -0.1) is 4.41 Å². The van der Waals surface area contributed by atoms with Gasteiger partial charge in [-0.3, -0.25) is 0 Å². The van der Waals surface area contributed by atoms with E-state index >= 15 is 0 Å². The van der Waals surface area contributed by atoms with E-state index < -0.39 is 27.8 Å². The van der Waals surface area contributed by atoms with Crippen molar-refractivity contribution in [3.05, 3.63) is 101 Å². The molecule has 0 aliphatic carbocycles. The highest BCUT2D eigenvalue weighted by Crippen LogP contribution is 2.42. The maximum Gasteiger partial charge on any atom is 0.416 e. The minimum absolute atomic E-state index is 0.202. The Labute approximate surface area is 183 Å². The first-order valence-electron chi connectivity index (χ1n) is 9.43. The first-order chi connectivity index (χ1) is 14.7. The molecule has 3 aromatic rings. The van der Waals surface area contributed by atoms with Crippen LogP contribution in [-0.2, 0) is 16.2 Å². The molecule has 162 valence electrons. The normalized spacial score (nSPS) is 20.1. The molecule has 0 bridgehead atoms. The molecule has 4 rings (SSSR count). The molecule has 1 aliphatic heterocycles. The van der Waals surface area contributed by atoms with E-state index in [-0.39, 0.29) is 10.8 Å². The van der Waals surface area contributed by atoms with Crippen LogP contribution >= 0.6 is 11.6 Å². The first-order valence-corrected chi connectivity index (χ1v) is 11.3. The number of alkyl halides is 3. The van der Waals surface area contributed by atoms with E-state index in [9.17, 15) is 21.6 Å². The summed E-state index contributed by atoms with van der Waals surface area (Å²) in [4.78, 5) is -0.222. The predicted molar refractivity (Wildman–Crippen MR) is 112 cm³/mol. The summed E-state index contributed by atoms with van der Waals surface area (Å²) in [6.45, 7) is 0.344. The molecule has 0 spiro atoms. The molecule has 0 radical (unpaired) electrons. The van der Waals surface area contributed by atoms with Crippen molar-refractivity contribution in [2.24, 2.45) is 0 Å². The van der Waals surface area contributed by atoms with Crippen molar-refractivity contribution < 1.29 is 21.6 Å². The van der Waals surface area contributed by atoms with E-state index in [0.29, 0.717) is 11.6 Å². The van der Waals surface area contributed by atoms with Crippen molar-refractivity contribution in [2.45, 2.75) is 23.0 Å². The zero-order valence-electron chi connectivity index (χ0n) is 16.1. The van der Waals surface area contributed by atoms with Crippen LogP contribution in [0.2, 0.25) is 5.02 Å². The van der Waals surface area contributed by atoms with E-state index in [1.807, 2.05) is 30.3 Å². The molecule has 9 heteroatoms. The Hall–Kier alpha value is -2.39. The molecule has 1 N–H and O–H groups in total. The van der Waals surface area contributed by atoms with Crippen LogP contribution in [0.1, 0.15) is 28.7 Å². The van der Waals surface area contributed by atoms with Gasteiger partial charge in [-0.2, -0.15) is 13.2 Å². The fourth-order valence-electron chi connectivity index (χ4n) is 3.75. The monoisotopic (exact) mass is 466 g/mol. The minimum Gasteiger partial charge on any atom is -0.240 e. The highest BCUT2D eigenvalue weighted by molar-refractivity contribution is 7.89. The summed E-state index contributed by atoms with van der Waals surface area (Å²) in [6.07, 6.45) is -4.54. The van der Waals surface area contributed by atoms with Crippen LogP contribution in [0.3, 0.4) is 0 Å². The number of benzene rings is 3. The van der Waals surface area contributed by atoms with Crippen molar-refractivity contribution in [2.75, 3.05) is 6.54 Å². The molecule has 1 aliphatic rings. The Morgan fingerprint density at radius 2 is 1.48 bits per heavy atom. The number of nitrogens with one attached hydrogen (secondary N) is 1. The fraction of sp³-hybridized carbons (Fsp3) is 0.182. The Morgan fingerprint density at radius 3 is 2.06 bits per heavy atom. The number of nitrogens with zero attached hydrogens (tertiary/aromatic N) is 1. The number of halogens is 4. The third-order valence-corrected chi connectivity index (χ3v) is 7.27. The third kappa shape index (κ3) is 4.34. The predicted octanol–water partition coefficient (Wildman–Crippen LogP) is 5.39. The van der Waals surface area contributed by atoms with Crippen LogP contribution in [0, 0.1) is 0 Å². The quantitative estimate of drug-likeness (QED) is 0.560. The molecule has 3 aromatic carbocycles. The lowest BCUT2D eigenvalue weighted by atomic mass is 9.89. The Kier molecular flexibility index (Phi) is 5.83. The Balaban J connectivity index is 1.75. The van der Waals surface area contributed by atoms with Crippen LogP contribution in [0.25, 0.3) is 0 Å². The van der Waals surface area contributed by atoms with Gasteiger partial charge in [-0.05, 0) is 47.5 Å². The third-order valence-electron chi connectivity index (χ3n) is 5.28. The standard InChI is InChI=1S/C22H18ClF3N2O2S/c23-18-10-6-16(7-11-18)21-20(15-4-2-1-3-5-15)14-27-28(21)31(29,30)19-12-8-17(9-13-19)22(24,25)26/h1-13,20-21,27H,14H2. The Morgan fingerprint density at radius 1 is 0.871 bits per heavy atom. The number of hydrogen-bond donors (Lipinski definition) is 1. The van der Waals surface area contributed by atoms with Gasteiger partial charge in [0.2, 0.25) is 0 Å². The lowest BCUT2D eigenvalue weighted by Gasteiger charge is -2.27. The molecule has 4 nitrogen and oxygen atoms in total. The van der Waals surface area contributed by atoms with Crippen LogP contribution < -0.4 is 5.43 Å². The van der Waals surface area contributed by atoms with Crippen molar-refractivity contribution in [3.8, 4) is 0 Å². The van der Waals surface area contributed by atoms with Gasteiger partial charge < -0.3 is 0 Å². The average molecular weight is 467 g/mol. The van der Waals surface area contributed by atoms with Gasteiger partial charge in [0.1, 0.15) is 0 Å². The number of hydrogen-bond acceptors (Lipinski definition) is 3. The van der Waals surface area contributed by atoms with E-state index in [4.69, 9.17) is 11.6 Å². The topological polar surface area (TPSA) is 49.4 Å². The lowest BCUT2D eigenvalue weighted by molar-refractivity contribution is -0.137. The molecule has 31 heavy (non-hydrogen) atoms. The summed E-state index contributed by atoms with van der Waals surface area (Å²) in [5.74, 6) is -0.202. The second-order valence-electron chi connectivity index (χ2n) is 7.20. The lowest BCUT2D eigenvalue weighted by Crippen LogP contribution is -2.38. The van der Waals surface area contributed by atoms with Gasteiger partial charge in [0.15, 0.2) is 0 Å². The van der Waals surface area contributed by atoms with Gasteiger partial charge >= 0.3 is 6.18 Å². The summed E-state index contributed by atoms with van der Waals surface area (Å²) >= 11 is 6.01. The van der Waals surface area contributed by atoms with Gasteiger partial charge in [0.25, 0.3) is 10.0 Å². The molecule has 0 saturated carbocycles. The van der Waals surface area contributed by atoms with Gasteiger partial charge in [-0.1, -0.05) is 54.1 Å².